The van der Waals surface area contributed by atoms with Crippen LogP contribution in [0.15, 0.2) is 59.2 Å². The third-order valence-electron chi connectivity index (χ3n) is 5.03. The van der Waals surface area contributed by atoms with E-state index < -0.39 is 5.91 Å². The van der Waals surface area contributed by atoms with Crippen LogP contribution >= 0.6 is 35.0 Å². The van der Waals surface area contributed by atoms with Crippen LogP contribution in [0.5, 0.6) is 0 Å². The molecule has 6 heteroatoms. The number of carbonyl (C=O) groups excluding carboxylic acids is 1. The maximum Gasteiger partial charge on any atom is 0.294 e. The number of nitrogens with zero attached hydrogens (tertiary/aromatic N) is 1. The van der Waals surface area contributed by atoms with Crippen molar-refractivity contribution in [3.05, 3.63) is 74.8 Å². The van der Waals surface area contributed by atoms with Crippen LogP contribution in [-0.2, 0) is 4.79 Å². The SMILES string of the molecule is O=C1C(O)=C(SC2CCCC2)C(c2ccc(Cl)cc2)N1c1cccc(Cl)c1. The fourth-order valence-electron chi connectivity index (χ4n) is 3.73. The smallest absolute Gasteiger partial charge is 0.294 e. The number of benzene rings is 2. The summed E-state index contributed by atoms with van der Waals surface area (Å²) in [5, 5.41) is 12.3. The van der Waals surface area contributed by atoms with Gasteiger partial charge in [0.1, 0.15) is 0 Å². The molecule has 27 heavy (non-hydrogen) atoms. The van der Waals surface area contributed by atoms with Crippen molar-refractivity contribution in [3.63, 3.8) is 0 Å². The van der Waals surface area contributed by atoms with E-state index in [0.29, 0.717) is 25.9 Å². The van der Waals surface area contributed by atoms with Gasteiger partial charge in [-0.3, -0.25) is 9.69 Å². The van der Waals surface area contributed by atoms with Crippen LogP contribution in [-0.4, -0.2) is 16.3 Å². The standard InChI is InChI=1S/C21H19Cl2NO2S/c22-14-10-8-13(9-11-14)18-20(27-17-6-1-2-7-17)19(25)21(26)24(18)16-5-3-4-15(23)12-16/h3-5,8-12,17-18,25H,1-2,6-7H2. The van der Waals surface area contributed by atoms with E-state index in [2.05, 4.69) is 0 Å². The highest BCUT2D eigenvalue weighted by Gasteiger charge is 2.42. The second-order valence-electron chi connectivity index (χ2n) is 6.85. The second-order valence-corrected chi connectivity index (χ2v) is 9.06. The van der Waals surface area contributed by atoms with E-state index in [4.69, 9.17) is 23.2 Å². The highest BCUT2D eigenvalue weighted by molar-refractivity contribution is 8.03. The Bertz CT molecular complexity index is 891. The average molecular weight is 420 g/mol. The van der Waals surface area contributed by atoms with Gasteiger partial charge in [0.2, 0.25) is 0 Å². The molecule has 0 spiro atoms. The lowest BCUT2D eigenvalue weighted by molar-refractivity contribution is -0.117. The van der Waals surface area contributed by atoms with E-state index in [1.165, 1.54) is 12.8 Å². The predicted molar refractivity (Wildman–Crippen MR) is 113 cm³/mol. The van der Waals surface area contributed by atoms with E-state index in [-0.39, 0.29) is 11.8 Å². The Hall–Kier alpha value is -1.62. The van der Waals surface area contributed by atoms with Gasteiger partial charge >= 0.3 is 0 Å². The zero-order chi connectivity index (χ0) is 19.0. The van der Waals surface area contributed by atoms with E-state index in [1.54, 1.807) is 28.8 Å². The van der Waals surface area contributed by atoms with Crippen LogP contribution in [0.2, 0.25) is 10.0 Å². The molecule has 1 aliphatic carbocycles. The van der Waals surface area contributed by atoms with Crippen molar-refractivity contribution < 1.29 is 9.90 Å². The van der Waals surface area contributed by atoms with Crippen LogP contribution in [0.3, 0.4) is 0 Å². The van der Waals surface area contributed by atoms with E-state index >= 15 is 0 Å². The minimum atomic E-state index is -0.391. The molecule has 1 fully saturated rings. The van der Waals surface area contributed by atoms with Crippen LogP contribution in [0.4, 0.5) is 5.69 Å². The lowest BCUT2D eigenvalue weighted by Gasteiger charge is -2.28. The fourth-order valence-corrected chi connectivity index (χ4v) is 5.54. The highest BCUT2D eigenvalue weighted by atomic mass is 35.5. The van der Waals surface area contributed by atoms with Gasteiger partial charge in [-0.25, -0.2) is 0 Å². The van der Waals surface area contributed by atoms with Crippen molar-refractivity contribution in [2.75, 3.05) is 4.90 Å². The summed E-state index contributed by atoms with van der Waals surface area (Å²) in [6.45, 7) is 0. The number of rotatable bonds is 4. The number of anilines is 1. The maximum atomic E-state index is 13.0. The molecule has 0 bridgehead atoms. The first-order valence-electron chi connectivity index (χ1n) is 8.99. The molecule has 1 N–H and O–H groups in total. The molecule has 2 aliphatic rings. The average Bonchev–Trinajstić information content (AvgIpc) is 3.25. The van der Waals surface area contributed by atoms with Crippen LogP contribution in [0.25, 0.3) is 0 Å². The van der Waals surface area contributed by atoms with Crippen molar-refractivity contribution in [1.29, 1.82) is 0 Å². The number of hydrogen-bond donors (Lipinski definition) is 1. The lowest BCUT2D eigenvalue weighted by atomic mass is 10.1. The molecular weight excluding hydrogens is 401 g/mol. The molecular formula is C21H19Cl2NO2S. The summed E-state index contributed by atoms with van der Waals surface area (Å²) in [4.78, 5) is 15.3. The van der Waals surface area contributed by atoms with Crippen molar-refractivity contribution in [3.8, 4) is 0 Å². The topological polar surface area (TPSA) is 40.5 Å². The summed E-state index contributed by atoms with van der Waals surface area (Å²) in [7, 11) is 0. The molecule has 1 saturated carbocycles. The van der Waals surface area contributed by atoms with Gasteiger partial charge < -0.3 is 5.11 Å². The minimum absolute atomic E-state index is 0.160. The molecule has 2 aromatic carbocycles. The van der Waals surface area contributed by atoms with Crippen molar-refractivity contribution in [2.45, 2.75) is 37.0 Å². The molecule has 4 rings (SSSR count). The van der Waals surface area contributed by atoms with Gasteiger partial charge in [0.25, 0.3) is 5.91 Å². The van der Waals surface area contributed by atoms with Crippen molar-refractivity contribution in [2.24, 2.45) is 0 Å². The summed E-state index contributed by atoms with van der Waals surface area (Å²) in [6.07, 6.45) is 4.62. The molecule has 0 aromatic heterocycles. The van der Waals surface area contributed by atoms with E-state index in [1.807, 2.05) is 36.4 Å². The highest BCUT2D eigenvalue weighted by Crippen LogP contribution is 2.49. The second kappa shape index (κ2) is 7.78. The Morgan fingerprint density at radius 1 is 1.00 bits per heavy atom. The van der Waals surface area contributed by atoms with Gasteiger partial charge in [-0.15, -0.1) is 11.8 Å². The van der Waals surface area contributed by atoms with Gasteiger partial charge in [0, 0.05) is 21.0 Å². The van der Waals surface area contributed by atoms with E-state index in [9.17, 15) is 9.90 Å². The van der Waals surface area contributed by atoms with Crippen LogP contribution < -0.4 is 4.90 Å². The van der Waals surface area contributed by atoms with Gasteiger partial charge in [-0.1, -0.05) is 54.2 Å². The monoisotopic (exact) mass is 419 g/mol. The summed E-state index contributed by atoms with van der Waals surface area (Å²) in [6, 6.07) is 14.2. The number of amides is 1. The van der Waals surface area contributed by atoms with Gasteiger partial charge in [0.05, 0.1) is 10.9 Å². The summed E-state index contributed by atoms with van der Waals surface area (Å²) in [5.41, 5.74) is 1.58. The number of hydrogen-bond acceptors (Lipinski definition) is 3. The number of aliphatic hydroxyl groups is 1. The molecule has 0 radical (unpaired) electrons. The predicted octanol–water partition coefficient (Wildman–Crippen LogP) is 6.53. The zero-order valence-corrected chi connectivity index (χ0v) is 16.9. The van der Waals surface area contributed by atoms with Gasteiger partial charge in [0.15, 0.2) is 5.76 Å². The number of thioether (sulfide) groups is 1. The van der Waals surface area contributed by atoms with Gasteiger partial charge in [-0.05, 0) is 48.7 Å². The zero-order valence-electron chi connectivity index (χ0n) is 14.6. The molecule has 1 unspecified atom stereocenters. The minimum Gasteiger partial charge on any atom is -0.502 e. The van der Waals surface area contributed by atoms with Crippen molar-refractivity contribution in [1.82, 2.24) is 0 Å². The van der Waals surface area contributed by atoms with Crippen molar-refractivity contribution >= 4 is 46.6 Å². The molecule has 3 nitrogen and oxygen atoms in total. The number of aliphatic hydroxyl groups excluding tert-OH is 1. The Kier molecular flexibility index (Phi) is 5.40. The first-order valence-corrected chi connectivity index (χ1v) is 10.6. The molecule has 1 amide bonds. The van der Waals surface area contributed by atoms with Crippen LogP contribution in [0.1, 0.15) is 37.3 Å². The lowest BCUT2D eigenvalue weighted by Crippen LogP contribution is -2.30. The van der Waals surface area contributed by atoms with Gasteiger partial charge in [-0.2, -0.15) is 0 Å². The molecule has 1 atom stereocenters. The normalized spacial score (nSPS) is 20.7. The van der Waals surface area contributed by atoms with E-state index in [0.717, 1.165) is 18.4 Å². The summed E-state index contributed by atoms with van der Waals surface area (Å²) < 4.78 is 0. The maximum absolute atomic E-state index is 13.0. The Labute approximate surface area is 173 Å². The van der Waals surface area contributed by atoms with Crippen LogP contribution in [0, 0.1) is 0 Å². The molecule has 2 aromatic rings. The largest absolute Gasteiger partial charge is 0.502 e. The summed E-state index contributed by atoms with van der Waals surface area (Å²) >= 11 is 13.9. The molecule has 0 saturated heterocycles. The third kappa shape index (κ3) is 3.71. The summed E-state index contributed by atoms with van der Waals surface area (Å²) in [5.74, 6) is -0.551. The first-order chi connectivity index (χ1) is 13.0. The molecule has 1 aliphatic heterocycles. The number of halogens is 2. The third-order valence-corrected chi connectivity index (χ3v) is 6.99. The Morgan fingerprint density at radius 2 is 1.70 bits per heavy atom. The Morgan fingerprint density at radius 3 is 2.37 bits per heavy atom. The first kappa shape index (κ1) is 18.7. The fraction of sp³-hybridized carbons (Fsp3) is 0.286. The number of carbonyl (C=O) groups is 1. The molecule has 1 heterocycles. The Balaban J connectivity index is 1.78. The molecule has 140 valence electrons. The quantitative estimate of drug-likeness (QED) is 0.612.